The molecule has 0 unspecified atom stereocenters. The van der Waals surface area contributed by atoms with Gasteiger partial charge in [0.1, 0.15) is 5.60 Å². The number of hydrogen-bond donors (Lipinski definition) is 2. The zero-order valence-electron chi connectivity index (χ0n) is 12.4. The molecule has 1 saturated heterocycles. The molecular weight excluding hydrogens is 264 g/mol. The first-order valence-electron chi connectivity index (χ1n) is 6.68. The molecular formula is C13H22N2O5. The Balaban J connectivity index is 2.91. The predicted octanol–water partition coefficient (Wildman–Crippen LogP) is 0.723. The molecule has 2 amide bonds. The lowest BCUT2D eigenvalue weighted by molar-refractivity contribution is -0.157. The molecule has 0 aromatic rings. The van der Waals surface area contributed by atoms with Gasteiger partial charge in [-0.1, -0.05) is 0 Å². The molecule has 7 nitrogen and oxygen atoms in total. The molecule has 0 saturated carbocycles. The smallest absolute Gasteiger partial charge is 0.408 e. The van der Waals surface area contributed by atoms with Gasteiger partial charge >= 0.3 is 12.1 Å². The molecule has 0 bridgehead atoms. The third kappa shape index (κ3) is 3.85. The highest BCUT2D eigenvalue weighted by Gasteiger charge is 2.50. The van der Waals surface area contributed by atoms with Gasteiger partial charge in [-0.2, -0.15) is 0 Å². The van der Waals surface area contributed by atoms with Crippen molar-refractivity contribution >= 4 is 18.0 Å². The first kappa shape index (κ1) is 16.3. The van der Waals surface area contributed by atoms with E-state index in [1.165, 1.54) is 0 Å². The summed E-state index contributed by atoms with van der Waals surface area (Å²) in [6.45, 7) is 7.33. The number of ether oxygens (including phenoxy) is 2. The predicted molar refractivity (Wildman–Crippen MR) is 71.0 cm³/mol. The third-order valence-corrected chi connectivity index (χ3v) is 2.74. The lowest BCUT2D eigenvalue weighted by Gasteiger charge is -2.34. The minimum absolute atomic E-state index is 0.129. The fourth-order valence-electron chi connectivity index (χ4n) is 1.92. The molecule has 0 aromatic heterocycles. The second-order valence-electron chi connectivity index (χ2n) is 5.61. The number of carbonyl (C=O) groups excluding carboxylic acids is 3. The van der Waals surface area contributed by atoms with Crippen LogP contribution < -0.4 is 10.6 Å². The molecule has 1 heterocycles. The summed E-state index contributed by atoms with van der Waals surface area (Å²) in [5.41, 5.74) is -2.42. The molecule has 1 aliphatic rings. The molecule has 0 radical (unpaired) electrons. The van der Waals surface area contributed by atoms with Crippen molar-refractivity contribution < 1.29 is 23.9 Å². The quantitative estimate of drug-likeness (QED) is 0.589. The van der Waals surface area contributed by atoms with E-state index in [-0.39, 0.29) is 13.0 Å². The summed E-state index contributed by atoms with van der Waals surface area (Å²) in [5, 5.41) is 4.95. The van der Waals surface area contributed by atoms with Crippen LogP contribution in [0.1, 0.15) is 40.5 Å². The number of piperidine rings is 1. The number of esters is 1. The number of hydrogen-bond acceptors (Lipinski definition) is 5. The standard InChI is InChI=1S/C13H22N2O5/c1-5-19-10(17)13(7-6-8-14-9(13)16)15-11(18)20-12(2,3)4/h5-8H2,1-4H3,(H,14,16)(H,15,18)/t13-/m0/s1. The summed E-state index contributed by atoms with van der Waals surface area (Å²) in [7, 11) is 0. The monoisotopic (exact) mass is 286 g/mol. The molecule has 7 heteroatoms. The number of carbonyl (C=O) groups is 3. The Morgan fingerprint density at radius 1 is 1.40 bits per heavy atom. The zero-order valence-corrected chi connectivity index (χ0v) is 12.4. The van der Waals surface area contributed by atoms with Gasteiger partial charge in [0.15, 0.2) is 0 Å². The topological polar surface area (TPSA) is 93.7 Å². The van der Waals surface area contributed by atoms with Gasteiger partial charge in [0.05, 0.1) is 6.61 Å². The Kier molecular flexibility index (Phi) is 4.97. The van der Waals surface area contributed by atoms with Crippen LogP contribution in [-0.4, -0.2) is 42.3 Å². The average Bonchev–Trinajstić information content (AvgIpc) is 2.30. The zero-order chi connectivity index (χ0) is 15.4. The van der Waals surface area contributed by atoms with E-state index in [4.69, 9.17) is 9.47 Å². The van der Waals surface area contributed by atoms with E-state index < -0.39 is 29.1 Å². The van der Waals surface area contributed by atoms with Gasteiger partial charge in [-0.25, -0.2) is 9.59 Å². The van der Waals surface area contributed by atoms with E-state index in [1.807, 2.05) is 0 Å². The van der Waals surface area contributed by atoms with Gasteiger partial charge in [-0.05, 0) is 40.5 Å². The van der Waals surface area contributed by atoms with Crippen molar-refractivity contribution in [3.8, 4) is 0 Å². The Bertz CT molecular complexity index is 402. The Labute approximate surface area is 118 Å². The fourth-order valence-corrected chi connectivity index (χ4v) is 1.92. The summed E-state index contributed by atoms with van der Waals surface area (Å²) in [4.78, 5) is 36.0. The molecule has 0 aliphatic carbocycles. The minimum atomic E-state index is -1.70. The summed E-state index contributed by atoms with van der Waals surface area (Å²) < 4.78 is 10.0. The fraction of sp³-hybridized carbons (Fsp3) is 0.769. The molecule has 1 fully saturated rings. The first-order chi connectivity index (χ1) is 9.21. The van der Waals surface area contributed by atoms with E-state index in [0.29, 0.717) is 13.0 Å². The van der Waals surface area contributed by atoms with Crippen LogP contribution in [0.4, 0.5) is 4.79 Å². The van der Waals surface area contributed by atoms with Crippen molar-refractivity contribution in [1.82, 2.24) is 10.6 Å². The van der Waals surface area contributed by atoms with Crippen LogP contribution in [0.3, 0.4) is 0 Å². The molecule has 1 atom stereocenters. The lowest BCUT2D eigenvalue weighted by atomic mass is 9.89. The van der Waals surface area contributed by atoms with E-state index in [9.17, 15) is 14.4 Å². The van der Waals surface area contributed by atoms with Gasteiger partial charge < -0.3 is 14.8 Å². The van der Waals surface area contributed by atoms with E-state index >= 15 is 0 Å². The minimum Gasteiger partial charge on any atom is -0.464 e. The Hall–Kier alpha value is -1.79. The van der Waals surface area contributed by atoms with Crippen LogP contribution in [0, 0.1) is 0 Å². The highest BCUT2D eigenvalue weighted by molar-refractivity contribution is 6.10. The number of nitrogens with one attached hydrogen (secondary N) is 2. The van der Waals surface area contributed by atoms with Gasteiger partial charge in [-0.15, -0.1) is 0 Å². The van der Waals surface area contributed by atoms with Crippen molar-refractivity contribution in [2.75, 3.05) is 13.2 Å². The highest BCUT2D eigenvalue weighted by Crippen LogP contribution is 2.20. The van der Waals surface area contributed by atoms with Crippen LogP contribution in [0.15, 0.2) is 0 Å². The molecule has 1 rings (SSSR count). The van der Waals surface area contributed by atoms with Crippen LogP contribution in [-0.2, 0) is 19.1 Å². The van der Waals surface area contributed by atoms with Gasteiger partial charge in [0.25, 0.3) is 5.91 Å². The van der Waals surface area contributed by atoms with Crippen LogP contribution >= 0.6 is 0 Å². The molecule has 0 spiro atoms. The molecule has 20 heavy (non-hydrogen) atoms. The lowest BCUT2D eigenvalue weighted by Crippen LogP contribution is -2.67. The van der Waals surface area contributed by atoms with E-state index in [2.05, 4.69) is 10.6 Å². The largest absolute Gasteiger partial charge is 0.464 e. The van der Waals surface area contributed by atoms with Crippen LogP contribution in [0.5, 0.6) is 0 Å². The normalized spacial score (nSPS) is 22.7. The number of alkyl carbamates (subject to hydrolysis) is 1. The maximum atomic E-state index is 12.1. The molecule has 114 valence electrons. The highest BCUT2D eigenvalue weighted by atomic mass is 16.6. The maximum Gasteiger partial charge on any atom is 0.408 e. The Morgan fingerprint density at radius 3 is 2.55 bits per heavy atom. The summed E-state index contributed by atoms with van der Waals surface area (Å²) in [6.07, 6.45) is -0.0559. The van der Waals surface area contributed by atoms with Crippen LogP contribution in [0.2, 0.25) is 0 Å². The summed E-state index contributed by atoms with van der Waals surface area (Å²) in [6, 6.07) is 0. The number of rotatable bonds is 3. The summed E-state index contributed by atoms with van der Waals surface area (Å²) >= 11 is 0. The van der Waals surface area contributed by atoms with Gasteiger partial charge in [0.2, 0.25) is 5.54 Å². The van der Waals surface area contributed by atoms with Crippen molar-refractivity contribution in [3.05, 3.63) is 0 Å². The maximum absolute atomic E-state index is 12.1. The molecule has 0 aromatic carbocycles. The second-order valence-corrected chi connectivity index (χ2v) is 5.61. The van der Waals surface area contributed by atoms with E-state index in [1.54, 1.807) is 27.7 Å². The summed E-state index contributed by atoms with van der Waals surface area (Å²) in [5.74, 6) is -1.32. The Morgan fingerprint density at radius 2 is 2.05 bits per heavy atom. The van der Waals surface area contributed by atoms with Crippen molar-refractivity contribution in [1.29, 1.82) is 0 Å². The van der Waals surface area contributed by atoms with Crippen molar-refractivity contribution in [3.63, 3.8) is 0 Å². The number of amides is 2. The SMILES string of the molecule is CCOC(=O)[C@]1(NC(=O)OC(C)(C)C)CCCNC1=O. The van der Waals surface area contributed by atoms with Crippen molar-refractivity contribution in [2.24, 2.45) is 0 Å². The van der Waals surface area contributed by atoms with Crippen molar-refractivity contribution in [2.45, 2.75) is 51.7 Å². The van der Waals surface area contributed by atoms with E-state index in [0.717, 1.165) is 0 Å². The average molecular weight is 286 g/mol. The van der Waals surface area contributed by atoms with Gasteiger partial charge in [-0.3, -0.25) is 10.1 Å². The molecule has 2 N–H and O–H groups in total. The second kappa shape index (κ2) is 6.11. The first-order valence-corrected chi connectivity index (χ1v) is 6.68. The van der Waals surface area contributed by atoms with Gasteiger partial charge in [0, 0.05) is 6.54 Å². The molecule has 1 aliphatic heterocycles. The van der Waals surface area contributed by atoms with Crippen LogP contribution in [0.25, 0.3) is 0 Å². The third-order valence-electron chi connectivity index (χ3n) is 2.74.